The predicted molar refractivity (Wildman–Crippen MR) is 73.6 cm³/mol. The van der Waals surface area contributed by atoms with Crippen LogP contribution in [0.25, 0.3) is 0 Å². The smallest absolute Gasteiger partial charge is 0.272 e. The number of rotatable bonds is 5. The summed E-state index contributed by atoms with van der Waals surface area (Å²) in [4.78, 5) is 17.7. The van der Waals surface area contributed by atoms with E-state index in [0.717, 1.165) is 6.42 Å². The molecule has 0 spiro atoms. The van der Waals surface area contributed by atoms with Gasteiger partial charge in [-0.15, -0.1) is 0 Å². The molecule has 1 heterocycles. The van der Waals surface area contributed by atoms with Gasteiger partial charge in [0, 0.05) is 25.8 Å². The van der Waals surface area contributed by atoms with Gasteiger partial charge >= 0.3 is 0 Å². The van der Waals surface area contributed by atoms with E-state index in [4.69, 9.17) is 17.3 Å². The Balaban J connectivity index is 2.54. The summed E-state index contributed by atoms with van der Waals surface area (Å²) >= 11 is 5.73. The lowest BCUT2D eigenvalue weighted by Gasteiger charge is -2.21. The van der Waals surface area contributed by atoms with Gasteiger partial charge in [0.15, 0.2) is 0 Å². The van der Waals surface area contributed by atoms with E-state index >= 15 is 0 Å². The highest BCUT2D eigenvalue weighted by Gasteiger charge is 2.15. The van der Waals surface area contributed by atoms with Crippen molar-refractivity contribution < 1.29 is 4.79 Å². The van der Waals surface area contributed by atoms with Gasteiger partial charge in [0.2, 0.25) is 0 Å². The molecule has 1 unspecified atom stereocenters. The molecule has 0 bridgehead atoms. The van der Waals surface area contributed by atoms with Gasteiger partial charge in [-0.2, -0.15) is 0 Å². The van der Waals surface area contributed by atoms with Crippen molar-refractivity contribution in [2.45, 2.75) is 26.3 Å². The van der Waals surface area contributed by atoms with Crippen LogP contribution in [0.2, 0.25) is 5.02 Å². The van der Waals surface area contributed by atoms with E-state index in [2.05, 4.69) is 18.8 Å². The van der Waals surface area contributed by atoms with Crippen molar-refractivity contribution in [1.29, 1.82) is 0 Å². The lowest BCUT2D eigenvalue weighted by Crippen LogP contribution is -2.34. The molecule has 1 atom stereocenters. The average molecular weight is 270 g/mol. The number of pyridine rings is 1. The molecule has 0 aromatic carbocycles. The van der Waals surface area contributed by atoms with Crippen LogP contribution in [0.1, 0.15) is 30.8 Å². The molecule has 0 saturated carbocycles. The molecule has 5 heteroatoms. The summed E-state index contributed by atoms with van der Waals surface area (Å²) in [6.45, 7) is 4.78. The molecule has 1 amide bonds. The van der Waals surface area contributed by atoms with Crippen molar-refractivity contribution in [2.24, 2.45) is 11.7 Å². The van der Waals surface area contributed by atoms with Gasteiger partial charge < -0.3 is 10.6 Å². The molecular weight excluding hydrogens is 250 g/mol. The van der Waals surface area contributed by atoms with Gasteiger partial charge in [-0.25, -0.2) is 4.98 Å². The zero-order valence-electron chi connectivity index (χ0n) is 11.1. The molecule has 2 N–H and O–H groups in total. The van der Waals surface area contributed by atoms with Crippen LogP contribution in [0, 0.1) is 5.92 Å². The van der Waals surface area contributed by atoms with Gasteiger partial charge in [0.05, 0.1) is 5.02 Å². The van der Waals surface area contributed by atoms with E-state index in [1.54, 1.807) is 24.1 Å². The largest absolute Gasteiger partial charge is 0.340 e. The Hall–Kier alpha value is -1.13. The Labute approximate surface area is 113 Å². The van der Waals surface area contributed by atoms with Gasteiger partial charge in [-0.1, -0.05) is 25.4 Å². The maximum absolute atomic E-state index is 12.0. The number of carbonyl (C=O) groups is 1. The highest BCUT2D eigenvalue weighted by atomic mass is 35.5. The monoisotopic (exact) mass is 269 g/mol. The second kappa shape index (κ2) is 6.71. The van der Waals surface area contributed by atoms with Crippen molar-refractivity contribution in [3.05, 3.63) is 29.0 Å². The summed E-state index contributed by atoms with van der Waals surface area (Å²) in [6.07, 6.45) is 2.26. The van der Waals surface area contributed by atoms with E-state index < -0.39 is 0 Å². The molecule has 0 aliphatic rings. The summed E-state index contributed by atoms with van der Waals surface area (Å²) in [5.41, 5.74) is 6.36. The number of nitrogens with two attached hydrogens (primary N) is 1. The van der Waals surface area contributed by atoms with E-state index in [0.29, 0.717) is 23.2 Å². The lowest BCUT2D eigenvalue weighted by molar-refractivity contribution is 0.0783. The summed E-state index contributed by atoms with van der Waals surface area (Å²) in [7, 11) is 1.76. The van der Waals surface area contributed by atoms with Crippen LogP contribution in [0.3, 0.4) is 0 Å². The molecule has 0 aliphatic heterocycles. The second-order valence-electron chi connectivity index (χ2n) is 4.78. The number of carbonyl (C=O) groups excluding carboxylic acids is 1. The molecule has 100 valence electrons. The molecule has 1 rings (SSSR count). The van der Waals surface area contributed by atoms with Gasteiger partial charge in [0.1, 0.15) is 5.69 Å². The van der Waals surface area contributed by atoms with Gasteiger partial charge in [-0.3, -0.25) is 4.79 Å². The van der Waals surface area contributed by atoms with Crippen LogP contribution in [-0.2, 0) is 0 Å². The molecule has 1 aromatic rings. The molecule has 0 aliphatic carbocycles. The number of aromatic nitrogens is 1. The molecule has 0 fully saturated rings. The van der Waals surface area contributed by atoms with E-state index in [-0.39, 0.29) is 11.9 Å². The Kier molecular flexibility index (Phi) is 5.56. The first kappa shape index (κ1) is 14.9. The second-order valence-corrected chi connectivity index (χ2v) is 5.22. The molecule has 18 heavy (non-hydrogen) atoms. The topological polar surface area (TPSA) is 59.2 Å². The summed E-state index contributed by atoms with van der Waals surface area (Å²) in [5, 5.41) is 0.524. The van der Waals surface area contributed by atoms with Crippen LogP contribution < -0.4 is 5.73 Å². The van der Waals surface area contributed by atoms with Crippen molar-refractivity contribution in [3.63, 3.8) is 0 Å². The predicted octanol–water partition coefficient (Wildman–Crippen LogP) is 2.18. The van der Waals surface area contributed by atoms with Crippen LogP contribution >= 0.6 is 11.6 Å². The number of nitrogens with zero attached hydrogens (tertiary/aromatic N) is 2. The van der Waals surface area contributed by atoms with Gasteiger partial charge in [-0.05, 0) is 24.5 Å². The third-order valence-corrected chi connectivity index (χ3v) is 3.17. The van der Waals surface area contributed by atoms with Crippen molar-refractivity contribution >= 4 is 17.5 Å². The van der Waals surface area contributed by atoms with Crippen molar-refractivity contribution in [3.8, 4) is 0 Å². The molecule has 1 aromatic heterocycles. The summed E-state index contributed by atoms with van der Waals surface area (Å²) in [6, 6.07) is 3.40. The normalized spacial score (nSPS) is 12.6. The first-order chi connectivity index (χ1) is 8.41. The summed E-state index contributed by atoms with van der Waals surface area (Å²) in [5.74, 6) is 0.310. The Morgan fingerprint density at radius 3 is 2.67 bits per heavy atom. The third kappa shape index (κ3) is 4.27. The number of hydrogen-bond donors (Lipinski definition) is 1. The maximum atomic E-state index is 12.0. The highest BCUT2D eigenvalue weighted by molar-refractivity contribution is 6.30. The molecular formula is C13H20ClN3O. The zero-order chi connectivity index (χ0) is 13.7. The van der Waals surface area contributed by atoms with Crippen LogP contribution in [0.15, 0.2) is 18.3 Å². The van der Waals surface area contributed by atoms with E-state index in [1.807, 2.05) is 0 Å². The Bertz CT molecular complexity index is 392. The summed E-state index contributed by atoms with van der Waals surface area (Å²) < 4.78 is 0. The van der Waals surface area contributed by atoms with E-state index in [1.165, 1.54) is 6.20 Å². The quantitative estimate of drug-likeness (QED) is 0.891. The fourth-order valence-electron chi connectivity index (χ4n) is 1.48. The van der Waals surface area contributed by atoms with Crippen LogP contribution in [0.5, 0.6) is 0 Å². The minimum Gasteiger partial charge on any atom is -0.340 e. The Morgan fingerprint density at radius 2 is 2.17 bits per heavy atom. The molecule has 0 saturated heterocycles. The fraction of sp³-hybridized carbons (Fsp3) is 0.538. The SMILES string of the molecule is CC(C)C(N)CCN(C)C(=O)c1ccc(Cl)cn1. The first-order valence-corrected chi connectivity index (χ1v) is 6.42. The number of halogens is 1. The fourth-order valence-corrected chi connectivity index (χ4v) is 1.59. The minimum absolute atomic E-state index is 0.109. The average Bonchev–Trinajstić information content (AvgIpc) is 2.35. The lowest BCUT2D eigenvalue weighted by atomic mass is 10.0. The first-order valence-electron chi connectivity index (χ1n) is 6.04. The van der Waals surface area contributed by atoms with Crippen LogP contribution in [0.4, 0.5) is 0 Å². The third-order valence-electron chi connectivity index (χ3n) is 2.95. The van der Waals surface area contributed by atoms with E-state index in [9.17, 15) is 4.79 Å². The number of hydrogen-bond acceptors (Lipinski definition) is 3. The maximum Gasteiger partial charge on any atom is 0.272 e. The highest BCUT2D eigenvalue weighted by Crippen LogP contribution is 2.09. The minimum atomic E-state index is -0.109. The number of amides is 1. The van der Waals surface area contributed by atoms with Crippen molar-refractivity contribution in [1.82, 2.24) is 9.88 Å². The Morgan fingerprint density at radius 1 is 1.50 bits per heavy atom. The standard InChI is InChI=1S/C13H20ClN3O/c1-9(2)11(15)6-7-17(3)13(18)12-5-4-10(14)8-16-12/h4-5,8-9,11H,6-7,15H2,1-3H3. The zero-order valence-corrected chi connectivity index (χ0v) is 11.8. The van der Waals surface area contributed by atoms with Crippen molar-refractivity contribution in [2.75, 3.05) is 13.6 Å². The molecule has 4 nitrogen and oxygen atoms in total. The van der Waals surface area contributed by atoms with Crippen LogP contribution in [-0.4, -0.2) is 35.4 Å². The van der Waals surface area contributed by atoms with Gasteiger partial charge in [0.25, 0.3) is 5.91 Å². The molecule has 0 radical (unpaired) electrons.